The highest BCUT2D eigenvalue weighted by Gasteiger charge is 2.24. The smallest absolute Gasteiger partial charge is 0.275 e. The molecule has 0 spiro atoms. The third-order valence-corrected chi connectivity index (χ3v) is 5.12. The summed E-state index contributed by atoms with van der Waals surface area (Å²) in [6.07, 6.45) is 6.53. The zero-order valence-electron chi connectivity index (χ0n) is 15.3. The van der Waals surface area contributed by atoms with Crippen LogP contribution in [-0.4, -0.2) is 12.5 Å². The molecule has 0 saturated heterocycles. The van der Waals surface area contributed by atoms with Crippen molar-refractivity contribution >= 4 is 5.91 Å². The molecule has 0 aliphatic heterocycles. The maximum Gasteiger partial charge on any atom is 0.275 e. The van der Waals surface area contributed by atoms with Crippen molar-refractivity contribution in [1.82, 2.24) is 5.32 Å². The Kier molecular flexibility index (Phi) is 5.39. The second kappa shape index (κ2) is 8.27. The van der Waals surface area contributed by atoms with Crippen molar-refractivity contribution in [3.8, 4) is 0 Å². The van der Waals surface area contributed by atoms with Crippen molar-refractivity contribution in [1.29, 1.82) is 0 Å². The average Bonchev–Trinajstić information content (AvgIpc) is 3.36. The molecular weight excluding hydrogens is 340 g/mol. The Morgan fingerprint density at radius 3 is 2.37 bits per heavy atom. The molecule has 0 radical (unpaired) electrons. The van der Waals surface area contributed by atoms with Gasteiger partial charge >= 0.3 is 0 Å². The Balaban J connectivity index is 1.42. The lowest BCUT2D eigenvalue weighted by molar-refractivity contribution is -0.921. The van der Waals surface area contributed by atoms with Crippen LogP contribution >= 0.6 is 0 Å². The van der Waals surface area contributed by atoms with Crippen molar-refractivity contribution < 1.29 is 18.5 Å². The van der Waals surface area contributed by atoms with Crippen LogP contribution in [0.5, 0.6) is 0 Å². The molecule has 1 amide bonds. The summed E-state index contributed by atoms with van der Waals surface area (Å²) in [4.78, 5) is 13.9. The lowest BCUT2D eigenvalue weighted by atomic mass is 9.88. The van der Waals surface area contributed by atoms with Crippen molar-refractivity contribution in [3.05, 3.63) is 83.7 Å². The van der Waals surface area contributed by atoms with Gasteiger partial charge in [-0.25, -0.2) is 0 Å². The molecule has 3 aromatic rings. The molecule has 5 heteroatoms. The Morgan fingerprint density at radius 2 is 1.70 bits per heavy atom. The molecule has 5 nitrogen and oxygen atoms in total. The van der Waals surface area contributed by atoms with E-state index in [0.717, 1.165) is 35.7 Å². The number of nitrogens with one attached hydrogen (secondary N) is 2. The van der Waals surface area contributed by atoms with E-state index in [2.05, 4.69) is 29.6 Å². The number of fused-ring (bicyclic) bond motifs is 1. The van der Waals surface area contributed by atoms with E-state index in [-0.39, 0.29) is 11.9 Å². The van der Waals surface area contributed by atoms with E-state index in [4.69, 9.17) is 8.83 Å². The molecular formula is C22H25N2O3+. The third kappa shape index (κ3) is 4.49. The van der Waals surface area contributed by atoms with Crippen LogP contribution in [0.4, 0.5) is 0 Å². The van der Waals surface area contributed by atoms with Gasteiger partial charge in [-0.2, -0.15) is 0 Å². The predicted molar refractivity (Wildman–Crippen MR) is 101 cm³/mol. The molecule has 0 saturated carbocycles. The Labute approximate surface area is 159 Å². The normalized spacial score (nSPS) is 16.3. The molecule has 1 aliphatic rings. The Morgan fingerprint density at radius 1 is 1.00 bits per heavy atom. The molecule has 0 bridgehead atoms. The Bertz CT molecular complexity index is 819. The summed E-state index contributed by atoms with van der Waals surface area (Å²) in [5.41, 5.74) is 2.61. The van der Waals surface area contributed by atoms with Crippen LogP contribution in [-0.2, 0) is 24.3 Å². The van der Waals surface area contributed by atoms with Crippen molar-refractivity contribution in [2.45, 2.75) is 38.4 Å². The first-order valence-corrected chi connectivity index (χ1v) is 9.53. The van der Waals surface area contributed by atoms with Crippen LogP contribution in [0.15, 0.2) is 69.9 Å². The van der Waals surface area contributed by atoms with Crippen LogP contribution in [0.3, 0.4) is 0 Å². The summed E-state index contributed by atoms with van der Waals surface area (Å²) in [7, 11) is 0. The van der Waals surface area contributed by atoms with Gasteiger partial charge in [0.2, 0.25) is 0 Å². The van der Waals surface area contributed by atoms with E-state index >= 15 is 0 Å². The monoisotopic (exact) mass is 365 g/mol. The van der Waals surface area contributed by atoms with E-state index in [1.807, 2.05) is 24.3 Å². The lowest BCUT2D eigenvalue weighted by Gasteiger charge is -2.27. The maximum atomic E-state index is 12.8. The van der Waals surface area contributed by atoms with Gasteiger partial charge in [0.15, 0.2) is 18.1 Å². The topological polar surface area (TPSA) is 59.8 Å². The fourth-order valence-corrected chi connectivity index (χ4v) is 3.88. The SMILES string of the molecule is O=C(C[NH+](Cc1ccco1)Cc1ccco1)N[C@H]1CCCc2ccccc21. The minimum absolute atomic E-state index is 0.0600. The van der Waals surface area contributed by atoms with Crippen LogP contribution < -0.4 is 10.2 Å². The van der Waals surface area contributed by atoms with E-state index in [0.29, 0.717) is 19.6 Å². The number of benzene rings is 1. The molecule has 27 heavy (non-hydrogen) atoms. The van der Waals surface area contributed by atoms with Gasteiger partial charge in [0.1, 0.15) is 13.1 Å². The van der Waals surface area contributed by atoms with Gasteiger partial charge in [0.25, 0.3) is 5.91 Å². The third-order valence-electron chi connectivity index (χ3n) is 5.12. The summed E-state index contributed by atoms with van der Waals surface area (Å²) >= 11 is 0. The summed E-state index contributed by atoms with van der Waals surface area (Å²) in [6, 6.07) is 16.2. The first kappa shape index (κ1) is 17.6. The van der Waals surface area contributed by atoms with Crippen LogP contribution in [0, 0.1) is 0 Å². The van der Waals surface area contributed by atoms with Crippen LogP contribution in [0.1, 0.15) is 41.5 Å². The van der Waals surface area contributed by atoms with E-state index in [1.54, 1.807) is 12.5 Å². The van der Waals surface area contributed by atoms with Gasteiger partial charge < -0.3 is 19.1 Å². The highest BCUT2D eigenvalue weighted by atomic mass is 16.3. The predicted octanol–water partition coefficient (Wildman–Crippen LogP) is 2.65. The molecule has 2 N–H and O–H groups in total. The highest BCUT2D eigenvalue weighted by Crippen LogP contribution is 2.29. The number of hydrogen-bond donors (Lipinski definition) is 2. The second-order valence-electron chi connectivity index (χ2n) is 7.15. The number of amides is 1. The second-order valence-corrected chi connectivity index (χ2v) is 7.15. The van der Waals surface area contributed by atoms with Gasteiger partial charge in [-0.05, 0) is 54.7 Å². The maximum absolute atomic E-state index is 12.8. The number of carbonyl (C=O) groups is 1. The molecule has 2 aromatic heterocycles. The van der Waals surface area contributed by atoms with Gasteiger partial charge in [0.05, 0.1) is 18.6 Å². The summed E-state index contributed by atoms with van der Waals surface area (Å²) in [5, 5.41) is 3.24. The Hall–Kier alpha value is -2.79. The quantitative estimate of drug-likeness (QED) is 0.677. The lowest BCUT2D eigenvalue weighted by Crippen LogP contribution is -3.10. The number of aryl methyl sites for hydroxylation is 1. The zero-order chi connectivity index (χ0) is 18.5. The molecule has 2 heterocycles. The molecule has 4 rings (SSSR count). The number of quaternary nitrogens is 1. The van der Waals surface area contributed by atoms with Crippen LogP contribution in [0.2, 0.25) is 0 Å². The average molecular weight is 365 g/mol. The summed E-state index contributed by atoms with van der Waals surface area (Å²) in [6.45, 7) is 1.66. The standard InChI is InChI=1S/C22H24N2O3/c25-22(23-21-11-3-7-17-6-1-2-10-20(17)21)16-24(14-18-8-4-12-26-18)15-19-9-5-13-27-19/h1-2,4-6,8-10,12-13,21H,3,7,11,14-16H2,(H,23,25)/p+1/t21-/m0/s1. The minimum atomic E-state index is 0.0600. The molecule has 140 valence electrons. The molecule has 1 aliphatic carbocycles. The minimum Gasteiger partial charge on any atom is -0.463 e. The number of carbonyl (C=O) groups excluding carboxylic acids is 1. The van der Waals surface area contributed by atoms with Crippen LogP contribution in [0.25, 0.3) is 0 Å². The molecule has 0 unspecified atom stereocenters. The summed E-state index contributed by atoms with van der Waals surface area (Å²) < 4.78 is 11.0. The van der Waals surface area contributed by atoms with Gasteiger partial charge in [-0.3, -0.25) is 4.79 Å². The van der Waals surface area contributed by atoms with Gasteiger partial charge in [0, 0.05) is 0 Å². The van der Waals surface area contributed by atoms with Gasteiger partial charge in [-0.15, -0.1) is 0 Å². The van der Waals surface area contributed by atoms with Crippen molar-refractivity contribution in [2.75, 3.05) is 6.54 Å². The molecule has 0 fully saturated rings. The van der Waals surface area contributed by atoms with E-state index < -0.39 is 0 Å². The zero-order valence-corrected chi connectivity index (χ0v) is 15.3. The first-order valence-electron chi connectivity index (χ1n) is 9.53. The number of rotatable bonds is 7. The van der Waals surface area contributed by atoms with Crippen molar-refractivity contribution in [3.63, 3.8) is 0 Å². The summed E-state index contributed by atoms with van der Waals surface area (Å²) in [5.74, 6) is 1.80. The fourth-order valence-electron chi connectivity index (χ4n) is 3.88. The number of furan rings is 2. The largest absolute Gasteiger partial charge is 0.463 e. The highest BCUT2D eigenvalue weighted by molar-refractivity contribution is 5.77. The molecule has 1 aromatic carbocycles. The fraction of sp³-hybridized carbons (Fsp3) is 0.318. The van der Waals surface area contributed by atoms with E-state index in [1.165, 1.54) is 11.1 Å². The van der Waals surface area contributed by atoms with E-state index in [9.17, 15) is 4.79 Å². The van der Waals surface area contributed by atoms with Crippen molar-refractivity contribution in [2.24, 2.45) is 0 Å². The van der Waals surface area contributed by atoms with Gasteiger partial charge in [-0.1, -0.05) is 24.3 Å². The first-order chi connectivity index (χ1) is 13.3. The number of hydrogen-bond acceptors (Lipinski definition) is 3. The molecule has 1 atom stereocenters.